The Labute approximate surface area is 144 Å². The van der Waals surface area contributed by atoms with Gasteiger partial charge in [0.1, 0.15) is 0 Å². The van der Waals surface area contributed by atoms with Crippen LogP contribution in [0.25, 0.3) is 0 Å². The zero-order valence-corrected chi connectivity index (χ0v) is 13.8. The van der Waals surface area contributed by atoms with E-state index in [-0.39, 0.29) is 23.4 Å². The molecule has 0 radical (unpaired) electrons. The molecule has 1 aromatic rings. The van der Waals surface area contributed by atoms with Crippen molar-refractivity contribution in [3.8, 4) is 0 Å². The molecule has 2 fully saturated rings. The second kappa shape index (κ2) is 7.06. The summed E-state index contributed by atoms with van der Waals surface area (Å²) in [6, 6.07) is 4.54. The lowest BCUT2D eigenvalue weighted by Gasteiger charge is -2.20. The molecular formula is C18H21F3N2O2. The van der Waals surface area contributed by atoms with Crippen LogP contribution in [0.1, 0.15) is 37.7 Å². The molecular weight excluding hydrogens is 333 g/mol. The lowest BCUT2D eigenvalue weighted by atomic mass is 10.2. The maximum absolute atomic E-state index is 12.7. The summed E-state index contributed by atoms with van der Waals surface area (Å²) in [5, 5.41) is 2.51. The SMILES string of the molecule is O=C(Nc1cccc(C(F)(F)F)c1)C1CC1C(=O)N1CCCCCC1. The maximum atomic E-state index is 12.7. The van der Waals surface area contributed by atoms with Crippen molar-refractivity contribution in [2.45, 2.75) is 38.3 Å². The molecule has 7 heteroatoms. The number of hydrogen-bond acceptors (Lipinski definition) is 2. The highest BCUT2D eigenvalue weighted by molar-refractivity contribution is 5.99. The summed E-state index contributed by atoms with van der Waals surface area (Å²) in [6.45, 7) is 1.47. The Balaban J connectivity index is 1.57. The average Bonchev–Trinajstić information content (AvgIpc) is 3.38. The van der Waals surface area contributed by atoms with Gasteiger partial charge >= 0.3 is 6.18 Å². The van der Waals surface area contributed by atoms with Gasteiger partial charge in [-0.1, -0.05) is 18.9 Å². The van der Waals surface area contributed by atoms with Crippen LogP contribution in [0, 0.1) is 11.8 Å². The van der Waals surface area contributed by atoms with E-state index in [0.717, 1.165) is 50.9 Å². The summed E-state index contributed by atoms with van der Waals surface area (Å²) < 4.78 is 38.2. The Kier molecular flexibility index (Phi) is 5.01. The Hall–Kier alpha value is -2.05. The van der Waals surface area contributed by atoms with Gasteiger partial charge in [-0.2, -0.15) is 13.2 Å². The Morgan fingerprint density at radius 3 is 2.36 bits per heavy atom. The Bertz CT molecular complexity index is 652. The van der Waals surface area contributed by atoms with Crippen LogP contribution in [0.15, 0.2) is 24.3 Å². The van der Waals surface area contributed by atoms with Gasteiger partial charge in [-0.25, -0.2) is 0 Å². The van der Waals surface area contributed by atoms with Crippen molar-refractivity contribution in [1.29, 1.82) is 0 Å². The summed E-state index contributed by atoms with van der Waals surface area (Å²) in [4.78, 5) is 26.5. The molecule has 2 atom stereocenters. The number of likely N-dealkylation sites (tertiary alicyclic amines) is 1. The summed E-state index contributed by atoms with van der Waals surface area (Å²) >= 11 is 0. The molecule has 25 heavy (non-hydrogen) atoms. The van der Waals surface area contributed by atoms with Gasteiger partial charge < -0.3 is 10.2 Å². The monoisotopic (exact) mass is 354 g/mol. The molecule has 1 aliphatic carbocycles. The number of carbonyl (C=O) groups excluding carboxylic acids is 2. The minimum Gasteiger partial charge on any atom is -0.342 e. The molecule has 2 unspecified atom stereocenters. The quantitative estimate of drug-likeness (QED) is 0.900. The molecule has 1 saturated carbocycles. The van der Waals surface area contributed by atoms with Crippen LogP contribution < -0.4 is 5.32 Å². The largest absolute Gasteiger partial charge is 0.416 e. The van der Waals surface area contributed by atoms with Crippen molar-refractivity contribution in [2.75, 3.05) is 18.4 Å². The summed E-state index contributed by atoms with van der Waals surface area (Å²) in [6.07, 6.45) is 0.229. The molecule has 1 N–H and O–H groups in total. The lowest BCUT2D eigenvalue weighted by molar-refractivity contribution is -0.137. The van der Waals surface area contributed by atoms with Crippen LogP contribution in [0.5, 0.6) is 0 Å². The number of benzene rings is 1. The highest BCUT2D eigenvalue weighted by Crippen LogP contribution is 2.41. The predicted octanol–water partition coefficient (Wildman–Crippen LogP) is 3.68. The number of nitrogens with zero attached hydrogens (tertiary/aromatic N) is 1. The van der Waals surface area contributed by atoms with Crippen LogP contribution in [0.2, 0.25) is 0 Å². The van der Waals surface area contributed by atoms with E-state index in [1.807, 2.05) is 4.90 Å². The number of nitrogens with one attached hydrogen (secondary N) is 1. The van der Waals surface area contributed by atoms with E-state index in [1.54, 1.807) is 0 Å². The molecule has 0 spiro atoms. The number of alkyl halides is 3. The fraction of sp³-hybridized carbons (Fsp3) is 0.556. The van der Waals surface area contributed by atoms with Gasteiger partial charge in [0.05, 0.1) is 17.4 Å². The fourth-order valence-electron chi connectivity index (χ4n) is 3.29. The van der Waals surface area contributed by atoms with Gasteiger partial charge in [-0.15, -0.1) is 0 Å². The van der Waals surface area contributed by atoms with Crippen LogP contribution in [-0.4, -0.2) is 29.8 Å². The molecule has 0 bridgehead atoms. The number of amides is 2. The molecule has 2 aliphatic rings. The fourth-order valence-corrected chi connectivity index (χ4v) is 3.29. The molecule has 136 valence electrons. The van der Waals surface area contributed by atoms with E-state index in [2.05, 4.69) is 5.32 Å². The summed E-state index contributed by atoms with van der Waals surface area (Å²) in [7, 11) is 0. The van der Waals surface area contributed by atoms with Gasteiger partial charge in [0.25, 0.3) is 0 Å². The van der Waals surface area contributed by atoms with Crippen LogP contribution in [0.3, 0.4) is 0 Å². The number of anilines is 1. The van der Waals surface area contributed by atoms with E-state index < -0.39 is 17.7 Å². The third kappa shape index (κ3) is 4.32. The number of hydrogen-bond donors (Lipinski definition) is 1. The van der Waals surface area contributed by atoms with Crippen molar-refractivity contribution < 1.29 is 22.8 Å². The molecule has 1 heterocycles. The van der Waals surface area contributed by atoms with Crippen molar-refractivity contribution >= 4 is 17.5 Å². The third-order valence-electron chi connectivity index (χ3n) is 4.82. The first-order valence-electron chi connectivity index (χ1n) is 8.63. The molecule has 1 saturated heterocycles. The standard InChI is InChI=1S/C18H21F3N2O2/c19-18(20,21)12-6-5-7-13(10-12)22-16(24)14-11-15(14)17(25)23-8-3-1-2-4-9-23/h5-7,10,14-15H,1-4,8-9,11H2,(H,22,24). The number of carbonyl (C=O) groups is 2. The first kappa shape index (κ1) is 17.8. The average molecular weight is 354 g/mol. The van der Waals surface area contributed by atoms with E-state index in [0.29, 0.717) is 6.42 Å². The molecule has 1 aromatic carbocycles. The van der Waals surface area contributed by atoms with Crippen molar-refractivity contribution in [3.63, 3.8) is 0 Å². The number of rotatable bonds is 3. The zero-order valence-electron chi connectivity index (χ0n) is 13.8. The first-order chi connectivity index (χ1) is 11.9. The van der Waals surface area contributed by atoms with Crippen molar-refractivity contribution in [1.82, 2.24) is 4.90 Å². The normalized spacial score (nSPS) is 23.7. The second-order valence-corrected chi connectivity index (χ2v) is 6.76. The second-order valence-electron chi connectivity index (χ2n) is 6.76. The smallest absolute Gasteiger partial charge is 0.342 e. The highest BCUT2D eigenvalue weighted by Gasteiger charge is 2.49. The van der Waals surface area contributed by atoms with Gasteiger partial charge in [-0.05, 0) is 37.5 Å². The van der Waals surface area contributed by atoms with E-state index in [1.165, 1.54) is 12.1 Å². The Morgan fingerprint density at radius 1 is 1.04 bits per heavy atom. The first-order valence-corrected chi connectivity index (χ1v) is 8.63. The van der Waals surface area contributed by atoms with Crippen LogP contribution in [0.4, 0.5) is 18.9 Å². The third-order valence-corrected chi connectivity index (χ3v) is 4.82. The minimum atomic E-state index is -4.45. The minimum absolute atomic E-state index is 0.00564. The zero-order chi connectivity index (χ0) is 18.0. The maximum Gasteiger partial charge on any atom is 0.416 e. The Morgan fingerprint density at radius 2 is 1.72 bits per heavy atom. The van der Waals surface area contributed by atoms with Gasteiger partial charge in [0.15, 0.2) is 0 Å². The molecule has 0 aromatic heterocycles. The van der Waals surface area contributed by atoms with E-state index in [4.69, 9.17) is 0 Å². The van der Waals surface area contributed by atoms with Crippen LogP contribution in [-0.2, 0) is 15.8 Å². The van der Waals surface area contributed by atoms with Crippen molar-refractivity contribution in [2.24, 2.45) is 11.8 Å². The summed E-state index contributed by atoms with van der Waals surface area (Å²) in [5.41, 5.74) is -0.703. The predicted molar refractivity (Wildman–Crippen MR) is 86.7 cm³/mol. The topological polar surface area (TPSA) is 49.4 Å². The number of halogens is 3. The van der Waals surface area contributed by atoms with Gasteiger partial charge in [-0.3, -0.25) is 9.59 Å². The molecule has 3 rings (SSSR count). The van der Waals surface area contributed by atoms with Gasteiger partial charge in [0.2, 0.25) is 11.8 Å². The lowest BCUT2D eigenvalue weighted by Crippen LogP contribution is -2.34. The summed E-state index contributed by atoms with van der Waals surface area (Å²) in [5.74, 6) is -1.15. The van der Waals surface area contributed by atoms with Crippen molar-refractivity contribution in [3.05, 3.63) is 29.8 Å². The molecule has 4 nitrogen and oxygen atoms in total. The molecule has 1 aliphatic heterocycles. The van der Waals surface area contributed by atoms with Gasteiger partial charge in [0, 0.05) is 18.8 Å². The van der Waals surface area contributed by atoms with E-state index >= 15 is 0 Å². The van der Waals surface area contributed by atoms with E-state index in [9.17, 15) is 22.8 Å². The molecule has 2 amide bonds. The highest BCUT2D eigenvalue weighted by atomic mass is 19.4. The van der Waals surface area contributed by atoms with Crippen LogP contribution >= 0.6 is 0 Å².